The van der Waals surface area contributed by atoms with Crippen molar-refractivity contribution >= 4 is 0 Å². The fraction of sp³-hybridized carbons (Fsp3) is 0.312. The number of nitriles is 1. The smallest absolute Gasteiger partial charge is 0.122 e. The third-order valence-corrected chi connectivity index (χ3v) is 3.67. The molecule has 0 radical (unpaired) electrons. The van der Waals surface area contributed by atoms with Crippen LogP contribution in [-0.4, -0.2) is 11.7 Å². The lowest BCUT2D eigenvalue weighted by Gasteiger charge is -2.12. The summed E-state index contributed by atoms with van der Waals surface area (Å²) in [6.07, 6.45) is 0. The maximum Gasteiger partial charge on any atom is 0.122 e. The Balaban J connectivity index is 2.67. The van der Waals surface area contributed by atoms with E-state index >= 15 is 0 Å². The van der Waals surface area contributed by atoms with Crippen molar-refractivity contribution < 1.29 is 4.74 Å². The van der Waals surface area contributed by atoms with Gasteiger partial charge in [0.15, 0.2) is 0 Å². The first-order valence-electron chi connectivity index (χ1n) is 6.21. The lowest BCUT2D eigenvalue weighted by atomic mass is 10.0. The van der Waals surface area contributed by atoms with E-state index < -0.39 is 0 Å². The fourth-order valence-electron chi connectivity index (χ4n) is 2.36. The van der Waals surface area contributed by atoms with Crippen LogP contribution in [0.25, 0.3) is 11.3 Å². The highest BCUT2D eigenvalue weighted by molar-refractivity contribution is 5.69. The van der Waals surface area contributed by atoms with Crippen molar-refractivity contribution in [1.82, 2.24) is 4.57 Å². The molecule has 0 fully saturated rings. The van der Waals surface area contributed by atoms with E-state index in [1.807, 2.05) is 33.0 Å². The van der Waals surface area contributed by atoms with Crippen molar-refractivity contribution in [1.29, 1.82) is 5.26 Å². The topological polar surface area (TPSA) is 37.9 Å². The molecule has 1 heterocycles. The van der Waals surface area contributed by atoms with Crippen LogP contribution in [-0.2, 0) is 7.05 Å². The van der Waals surface area contributed by atoms with Crippen LogP contribution >= 0.6 is 0 Å². The molecule has 0 aliphatic rings. The van der Waals surface area contributed by atoms with Gasteiger partial charge in [0.1, 0.15) is 11.8 Å². The highest BCUT2D eigenvalue weighted by Gasteiger charge is 2.13. The Morgan fingerprint density at radius 1 is 1.11 bits per heavy atom. The van der Waals surface area contributed by atoms with E-state index in [-0.39, 0.29) is 0 Å². The Hall–Kier alpha value is -2.21. The van der Waals surface area contributed by atoms with E-state index in [2.05, 4.69) is 23.6 Å². The van der Waals surface area contributed by atoms with E-state index in [9.17, 15) is 0 Å². The maximum absolute atomic E-state index is 9.13. The molecule has 2 rings (SSSR count). The molecule has 0 spiro atoms. The summed E-state index contributed by atoms with van der Waals surface area (Å²) < 4.78 is 7.40. The lowest BCUT2D eigenvalue weighted by Crippen LogP contribution is -1.97. The Bertz CT molecular complexity index is 675. The molecular formula is C16H18N2O. The number of methoxy groups -OCH3 is 1. The van der Waals surface area contributed by atoms with Gasteiger partial charge in [-0.3, -0.25) is 0 Å². The van der Waals surface area contributed by atoms with Crippen molar-refractivity contribution in [2.45, 2.75) is 20.8 Å². The summed E-state index contributed by atoms with van der Waals surface area (Å²) in [6, 6.07) is 8.34. The number of nitrogens with zero attached hydrogens (tertiary/aromatic N) is 2. The van der Waals surface area contributed by atoms with Gasteiger partial charge in [-0.1, -0.05) is 0 Å². The number of hydrogen-bond donors (Lipinski definition) is 0. The van der Waals surface area contributed by atoms with Crippen LogP contribution in [0.4, 0.5) is 0 Å². The van der Waals surface area contributed by atoms with Gasteiger partial charge in [0.25, 0.3) is 0 Å². The molecule has 2 aromatic rings. The molecule has 0 saturated carbocycles. The van der Waals surface area contributed by atoms with Crippen LogP contribution in [0.1, 0.15) is 22.4 Å². The van der Waals surface area contributed by atoms with Crippen molar-refractivity contribution in [3.05, 3.63) is 40.6 Å². The molecule has 0 amide bonds. The van der Waals surface area contributed by atoms with Gasteiger partial charge in [0.05, 0.1) is 12.7 Å². The average molecular weight is 254 g/mol. The molecular weight excluding hydrogens is 236 g/mol. The predicted molar refractivity (Wildman–Crippen MR) is 76.3 cm³/mol. The quantitative estimate of drug-likeness (QED) is 0.822. The Labute approximate surface area is 114 Å². The first-order chi connectivity index (χ1) is 8.99. The van der Waals surface area contributed by atoms with Gasteiger partial charge >= 0.3 is 0 Å². The molecule has 0 aliphatic carbocycles. The van der Waals surface area contributed by atoms with Crippen molar-refractivity contribution in [2.24, 2.45) is 7.05 Å². The van der Waals surface area contributed by atoms with Crippen LogP contribution in [0.2, 0.25) is 0 Å². The minimum absolute atomic E-state index is 0.727. The second-order valence-electron chi connectivity index (χ2n) is 4.84. The summed E-state index contributed by atoms with van der Waals surface area (Å²) in [5, 5.41) is 9.13. The molecule has 0 aliphatic heterocycles. The van der Waals surface area contributed by atoms with Crippen LogP contribution < -0.4 is 4.74 Å². The molecule has 0 bridgehead atoms. The summed E-state index contributed by atoms with van der Waals surface area (Å²) in [5.41, 5.74) is 6.17. The SMILES string of the molecule is COc1cc(C)c(-c2cc(C#N)c(C)n2C)cc1C. The van der Waals surface area contributed by atoms with Crippen molar-refractivity contribution in [2.75, 3.05) is 7.11 Å². The normalized spacial score (nSPS) is 10.3. The molecule has 3 nitrogen and oxygen atoms in total. The van der Waals surface area contributed by atoms with E-state index in [0.717, 1.165) is 39.4 Å². The summed E-state index contributed by atoms with van der Waals surface area (Å²) in [5.74, 6) is 0.896. The fourth-order valence-corrected chi connectivity index (χ4v) is 2.36. The zero-order chi connectivity index (χ0) is 14.2. The summed E-state index contributed by atoms with van der Waals surface area (Å²) in [4.78, 5) is 0. The largest absolute Gasteiger partial charge is 0.496 e. The van der Waals surface area contributed by atoms with E-state index in [1.54, 1.807) is 7.11 Å². The number of rotatable bonds is 2. The molecule has 0 atom stereocenters. The Morgan fingerprint density at radius 3 is 2.32 bits per heavy atom. The van der Waals surface area contributed by atoms with Crippen LogP contribution in [0, 0.1) is 32.1 Å². The number of benzene rings is 1. The predicted octanol–water partition coefficient (Wildman–Crippen LogP) is 3.50. The first kappa shape index (κ1) is 13.2. The molecule has 1 aromatic carbocycles. The number of hydrogen-bond acceptors (Lipinski definition) is 2. The molecule has 98 valence electrons. The third kappa shape index (κ3) is 2.10. The minimum atomic E-state index is 0.727. The van der Waals surface area contributed by atoms with E-state index in [1.165, 1.54) is 0 Å². The van der Waals surface area contributed by atoms with Crippen molar-refractivity contribution in [3.63, 3.8) is 0 Å². The van der Waals surface area contributed by atoms with Crippen LogP contribution in [0.5, 0.6) is 5.75 Å². The second kappa shape index (κ2) is 4.81. The molecule has 1 aromatic heterocycles. The molecule has 0 N–H and O–H groups in total. The first-order valence-corrected chi connectivity index (χ1v) is 6.21. The standard InChI is InChI=1S/C16H18N2O/c1-10-7-16(19-5)11(2)6-14(10)15-8-13(9-17)12(3)18(15)4/h6-8H,1-5H3. The van der Waals surface area contributed by atoms with Gasteiger partial charge in [0, 0.05) is 24.0 Å². The molecule has 0 unspecified atom stereocenters. The maximum atomic E-state index is 9.13. The molecule has 0 saturated heterocycles. The van der Waals surface area contributed by atoms with Gasteiger partial charge in [-0.2, -0.15) is 5.26 Å². The van der Waals surface area contributed by atoms with Crippen LogP contribution in [0.3, 0.4) is 0 Å². The van der Waals surface area contributed by atoms with Gasteiger partial charge in [-0.25, -0.2) is 0 Å². The number of ether oxygens (including phenoxy) is 1. The number of aromatic nitrogens is 1. The van der Waals surface area contributed by atoms with Gasteiger partial charge in [-0.15, -0.1) is 0 Å². The van der Waals surface area contributed by atoms with Gasteiger partial charge in [0.2, 0.25) is 0 Å². The van der Waals surface area contributed by atoms with Gasteiger partial charge < -0.3 is 9.30 Å². The summed E-state index contributed by atoms with van der Waals surface area (Å²) in [6.45, 7) is 6.06. The second-order valence-corrected chi connectivity index (χ2v) is 4.84. The van der Waals surface area contributed by atoms with E-state index in [0.29, 0.717) is 0 Å². The highest BCUT2D eigenvalue weighted by Crippen LogP contribution is 2.32. The average Bonchev–Trinajstić information content (AvgIpc) is 2.68. The highest BCUT2D eigenvalue weighted by atomic mass is 16.5. The zero-order valence-electron chi connectivity index (χ0n) is 12.0. The molecule has 19 heavy (non-hydrogen) atoms. The number of aryl methyl sites for hydroxylation is 2. The Morgan fingerprint density at radius 2 is 1.79 bits per heavy atom. The Kier molecular flexibility index (Phi) is 3.35. The van der Waals surface area contributed by atoms with Gasteiger partial charge in [-0.05, 0) is 50.1 Å². The zero-order valence-corrected chi connectivity index (χ0v) is 12.0. The minimum Gasteiger partial charge on any atom is -0.496 e. The molecule has 3 heteroatoms. The summed E-state index contributed by atoms with van der Waals surface area (Å²) >= 11 is 0. The summed E-state index contributed by atoms with van der Waals surface area (Å²) in [7, 11) is 3.67. The van der Waals surface area contributed by atoms with Crippen LogP contribution in [0.15, 0.2) is 18.2 Å². The van der Waals surface area contributed by atoms with Crippen molar-refractivity contribution in [3.8, 4) is 23.1 Å². The monoisotopic (exact) mass is 254 g/mol. The van der Waals surface area contributed by atoms with E-state index in [4.69, 9.17) is 10.00 Å². The third-order valence-electron chi connectivity index (χ3n) is 3.67. The lowest BCUT2D eigenvalue weighted by molar-refractivity contribution is 0.411.